The van der Waals surface area contributed by atoms with E-state index in [9.17, 15) is 43.2 Å². The maximum atomic E-state index is 14.4. The van der Waals surface area contributed by atoms with E-state index in [0.29, 0.717) is 6.42 Å². The lowest BCUT2D eigenvalue weighted by Crippen LogP contribution is -2.59. The number of rotatable bonds is 27. The van der Waals surface area contributed by atoms with Gasteiger partial charge in [-0.2, -0.15) is 0 Å². The Kier molecular flexibility index (Phi) is 32.1. The summed E-state index contributed by atoms with van der Waals surface area (Å²) in [6, 6.07) is 1.94. The van der Waals surface area contributed by atoms with Gasteiger partial charge in [-0.3, -0.25) is 43.2 Å². The molecule has 0 unspecified atom stereocenters. The zero-order valence-electron chi connectivity index (χ0n) is 45.1. The van der Waals surface area contributed by atoms with Crippen LogP contribution in [0.5, 0.6) is 0 Å². The Bertz CT molecular complexity index is 1900. The largest absolute Gasteiger partial charge is 0.354 e. The van der Waals surface area contributed by atoms with Crippen molar-refractivity contribution in [3.63, 3.8) is 0 Å². The predicted molar refractivity (Wildman–Crippen MR) is 286 cm³/mol. The third kappa shape index (κ3) is 25.3. The number of carbonyl (C=O) groups excluding carboxylic acids is 9. The van der Waals surface area contributed by atoms with E-state index in [1.165, 1.54) is 25.7 Å². The van der Waals surface area contributed by atoms with E-state index in [1.54, 1.807) is 24.3 Å². The molecule has 8 atom stereocenters. The van der Waals surface area contributed by atoms with Crippen LogP contribution in [0.3, 0.4) is 0 Å². The molecule has 1 aromatic carbocycles. The van der Waals surface area contributed by atoms with Crippen molar-refractivity contribution in [3.05, 3.63) is 35.9 Å². The van der Waals surface area contributed by atoms with Crippen LogP contribution in [0.25, 0.3) is 0 Å². The standard InChI is InChI=1S/C54H93N11O9/c1-6-7-8-9-10-11-12-13-17-20-48(68)60-45(34-58)47(67)32-38-24-28-59-51(71)43(29-35(2)3)65-53(73)42(23-27-57)62-52(72)41(22-26-56)63-54(74)44(30-36(4)5)64-50(70)39(31-37-18-15-14-16-19-37)33-46(66)40(21-25-55)61-49(38)69/h14-16,18-19,35-36,38-45H,6-13,17,20-34,55-58H2,1-5H3,(H,59,71)(H,60,68)(H,61,69)(H,62,72)(H,63,74)(H,64,70)(H,65,73)/t38-,39+,40+,41+,42+,43+,44+,45-/m1/s1. The van der Waals surface area contributed by atoms with E-state index in [4.69, 9.17) is 22.9 Å². The summed E-state index contributed by atoms with van der Waals surface area (Å²) in [5, 5.41) is 19.3. The van der Waals surface area contributed by atoms with Gasteiger partial charge in [-0.1, -0.05) is 116 Å². The molecular weight excluding hydrogens is 947 g/mol. The molecule has 0 saturated carbocycles. The third-order valence-corrected chi connectivity index (χ3v) is 13.2. The molecule has 0 aromatic heterocycles. The van der Waals surface area contributed by atoms with Crippen LogP contribution in [0.1, 0.15) is 156 Å². The number of hydrogen-bond donors (Lipinski definition) is 11. The average molecular weight is 1040 g/mol. The second kappa shape index (κ2) is 36.6. The Morgan fingerprint density at radius 1 is 0.581 bits per heavy atom. The highest BCUT2D eigenvalue weighted by Crippen LogP contribution is 2.19. The highest BCUT2D eigenvalue weighted by molar-refractivity contribution is 5.98. The number of nitrogens with two attached hydrogens (primary N) is 4. The fourth-order valence-corrected chi connectivity index (χ4v) is 9.03. The van der Waals surface area contributed by atoms with Crippen molar-refractivity contribution in [1.82, 2.24) is 37.2 Å². The molecule has 1 fully saturated rings. The van der Waals surface area contributed by atoms with Gasteiger partial charge in [-0.05, 0) is 88.4 Å². The Labute approximate surface area is 440 Å². The molecular formula is C54H93N11O9. The quantitative estimate of drug-likeness (QED) is 0.0561. The Morgan fingerprint density at radius 2 is 1.04 bits per heavy atom. The summed E-state index contributed by atoms with van der Waals surface area (Å²) < 4.78 is 0. The summed E-state index contributed by atoms with van der Waals surface area (Å²) in [4.78, 5) is 126. The summed E-state index contributed by atoms with van der Waals surface area (Å²) in [5.41, 5.74) is 24.6. The molecule has 2 rings (SSSR count). The van der Waals surface area contributed by atoms with Gasteiger partial charge < -0.3 is 60.2 Å². The van der Waals surface area contributed by atoms with Gasteiger partial charge in [0.1, 0.15) is 24.2 Å². The highest BCUT2D eigenvalue weighted by atomic mass is 16.2. The fraction of sp³-hybridized carbons (Fsp3) is 0.722. The van der Waals surface area contributed by atoms with Gasteiger partial charge in [0.05, 0.1) is 12.1 Å². The van der Waals surface area contributed by atoms with Gasteiger partial charge in [0.2, 0.25) is 41.4 Å². The minimum absolute atomic E-state index is 0.0211. The first-order chi connectivity index (χ1) is 35.4. The lowest BCUT2D eigenvalue weighted by Gasteiger charge is -2.28. The molecule has 0 bridgehead atoms. The van der Waals surface area contributed by atoms with Crippen LogP contribution < -0.4 is 60.2 Å². The van der Waals surface area contributed by atoms with Crippen molar-refractivity contribution < 1.29 is 43.2 Å². The van der Waals surface area contributed by atoms with Crippen molar-refractivity contribution in [1.29, 1.82) is 0 Å². The van der Waals surface area contributed by atoms with Crippen molar-refractivity contribution in [2.24, 2.45) is 46.6 Å². The van der Waals surface area contributed by atoms with Crippen LogP contribution >= 0.6 is 0 Å². The third-order valence-electron chi connectivity index (χ3n) is 13.2. The van der Waals surface area contributed by atoms with Crippen LogP contribution in [0.4, 0.5) is 0 Å². The topological polar surface area (TPSA) is 342 Å². The number of carbonyl (C=O) groups is 9. The second-order valence-corrected chi connectivity index (χ2v) is 20.7. The number of Topliss-reactive ketones (excluding diaryl/α,β-unsaturated/α-hetero) is 2. The zero-order chi connectivity index (χ0) is 55.0. The summed E-state index contributed by atoms with van der Waals surface area (Å²) in [5.74, 6) is -7.85. The lowest BCUT2D eigenvalue weighted by molar-refractivity contribution is -0.136. The van der Waals surface area contributed by atoms with Crippen molar-refractivity contribution in [2.75, 3.05) is 32.7 Å². The molecule has 0 spiro atoms. The Balaban J connectivity index is 2.60. The van der Waals surface area contributed by atoms with E-state index in [-0.39, 0.29) is 108 Å². The molecule has 418 valence electrons. The van der Waals surface area contributed by atoms with Gasteiger partial charge >= 0.3 is 0 Å². The Morgan fingerprint density at radius 3 is 1.57 bits per heavy atom. The maximum absolute atomic E-state index is 14.4. The number of unbranched alkanes of at least 4 members (excludes halogenated alkanes) is 8. The fourth-order valence-electron chi connectivity index (χ4n) is 9.03. The normalized spacial score (nSPS) is 22.7. The molecule has 74 heavy (non-hydrogen) atoms. The van der Waals surface area contributed by atoms with E-state index in [2.05, 4.69) is 44.1 Å². The molecule has 0 aliphatic carbocycles. The van der Waals surface area contributed by atoms with Gasteiger partial charge in [-0.25, -0.2) is 0 Å². The first-order valence-electron chi connectivity index (χ1n) is 27.4. The number of ketones is 2. The van der Waals surface area contributed by atoms with Crippen LogP contribution in [0, 0.1) is 23.7 Å². The molecule has 7 amide bonds. The number of benzene rings is 1. The summed E-state index contributed by atoms with van der Waals surface area (Å²) >= 11 is 0. The summed E-state index contributed by atoms with van der Waals surface area (Å²) in [6.07, 6.45) is 9.27. The van der Waals surface area contributed by atoms with Crippen molar-refractivity contribution in [3.8, 4) is 0 Å². The molecule has 20 nitrogen and oxygen atoms in total. The minimum atomic E-state index is -1.23. The van der Waals surface area contributed by atoms with Crippen molar-refractivity contribution >= 4 is 52.9 Å². The summed E-state index contributed by atoms with van der Waals surface area (Å²) in [7, 11) is 0. The number of nitrogens with one attached hydrogen (secondary N) is 7. The van der Waals surface area contributed by atoms with Gasteiger partial charge in [0.25, 0.3) is 0 Å². The molecule has 0 radical (unpaired) electrons. The van der Waals surface area contributed by atoms with Crippen LogP contribution in [-0.4, -0.2) is 122 Å². The molecule has 1 heterocycles. The van der Waals surface area contributed by atoms with Gasteiger partial charge in [0, 0.05) is 44.2 Å². The molecule has 20 heteroatoms. The van der Waals surface area contributed by atoms with Gasteiger partial charge in [-0.15, -0.1) is 0 Å². The molecule has 1 aliphatic rings. The van der Waals surface area contributed by atoms with Gasteiger partial charge in [0.15, 0.2) is 11.6 Å². The highest BCUT2D eigenvalue weighted by Gasteiger charge is 2.36. The second-order valence-electron chi connectivity index (χ2n) is 20.7. The van der Waals surface area contributed by atoms with E-state index < -0.39 is 102 Å². The smallest absolute Gasteiger partial charge is 0.243 e. The summed E-state index contributed by atoms with van der Waals surface area (Å²) in [6.45, 7) is 9.14. The minimum Gasteiger partial charge on any atom is -0.354 e. The number of amides is 7. The monoisotopic (exact) mass is 1040 g/mol. The van der Waals surface area contributed by atoms with E-state index in [0.717, 1.165) is 31.2 Å². The van der Waals surface area contributed by atoms with Crippen LogP contribution in [-0.2, 0) is 49.6 Å². The van der Waals surface area contributed by atoms with Crippen molar-refractivity contribution in [2.45, 2.75) is 193 Å². The average Bonchev–Trinajstić information content (AvgIpc) is 3.35. The van der Waals surface area contributed by atoms with Crippen LogP contribution in [0.2, 0.25) is 0 Å². The first-order valence-corrected chi connectivity index (χ1v) is 27.4. The lowest BCUT2D eigenvalue weighted by atomic mass is 9.89. The SMILES string of the molecule is CCCCCCCCCCCC(=O)N[C@H](CN)C(=O)C[C@H]1CCNC(=O)[C@H](CC(C)C)NC(=O)[C@H](CCN)NC(=O)[C@H](CCN)NC(=O)[C@H](CC(C)C)NC(=O)[C@@H](Cc2ccccc2)CC(=O)[C@H](CCN)NC1=O. The molecule has 1 saturated heterocycles. The van der Waals surface area contributed by atoms with Crippen LogP contribution in [0.15, 0.2) is 30.3 Å². The number of hydrogen-bond acceptors (Lipinski definition) is 13. The predicted octanol–water partition coefficient (Wildman–Crippen LogP) is 1.83. The van der Waals surface area contributed by atoms with E-state index >= 15 is 0 Å². The Hall–Kier alpha value is -5.31. The molecule has 15 N–H and O–H groups in total. The molecule has 1 aliphatic heterocycles. The zero-order valence-corrected chi connectivity index (χ0v) is 45.1. The molecule has 1 aromatic rings. The maximum Gasteiger partial charge on any atom is 0.243 e. The first kappa shape index (κ1) is 64.8. The van der Waals surface area contributed by atoms with E-state index in [1.807, 2.05) is 33.8 Å².